The fourth-order valence-electron chi connectivity index (χ4n) is 2.87. The van der Waals surface area contributed by atoms with E-state index in [1.165, 1.54) is 18.2 Å². The van der Waals surface area contributed by atoms with Crippen molar-refractivity contribution in [2.75, 3.05) is 4.72 Å². The number of aryl methyl sites for hydroxylation is 2. The maximum absolute atomic E-state index is 12.9. The van der Waals surface area contributed by atoms with Crippen molar-refractivity contribution in [2.24, 2.45) is 0 Å². The van der Waals surface area contributed by atoms with Crippen molar-refractivity contribution < 1.29 is 13.2 Å². The Morgan fingerprint density at radius 2 is 1.63 bits per heavy atom. The van der Waals surface area contributed by atoms with Crippen LogP contribution >= 0.6 is 23.2 Å². The number of halogens is 2. The highest BCUT2D eigenvalue weighted by Gasteiger charge is 2.21. The van der Waals surface area contributed by atoms with E-state index in [1.807, 2.05) is 26.0 Å². The quantitative estimate of drug-likeness (QED) is 0.518. The average molecular weight is 463 g/mol. The highest BCUT2D eigenvalue weighted by Crippen LogP contribution is 2.26. The van der Waals surface area contributed by atoms with Gasteiger partial charge in [0, 0.05) is 17.1 Å². The number of nitrogens with one attached hydrogen (secondary N) is 2. The Kier molecular flexibility index (Phi) is 6.71. The molecule has 0 aliphatic carbocycles. The van der Waals surface area contributed by atoms with Crippen LogP contribution < -0.4 is 10.0 Å². The van der Waals surface area contributed by atoms with Gasteiger partial charge in [-0.1, -0.05) is 53.0 Å². The molecule has 0 saturated carbocycles. The smallest absolute Gasteiger partial charge is 0.263 e. The van der Waals surface area contributed by atoms with Crippen molar-refractivity contribution in [3.8, 4) is 0 Å². The van der Waals surface area contributed by atoms with Crippen molar-refractivity contribution >= 4 is 44.8 Å². The molecule has 8 heteroatoms. The molecule has 0 saturated heterocycles. The van der Waals surface area contributed by atoms with Crippen LogP contribution in [0.15, 0.2) is 65.6 Å². The second-order valence-electron chi connectivity index (χ2n) is 6.88. The van der Waals surface area contributed by atoms with Gasteiger partial charge in [-0.05, 0) is 61.4 Å². The maximum Gasteiger partial charge on any atom is 0.263 e. The SMILES string of the molecule is Cc1ccc(NS(=O)(=O)c2cc(C(=O)NCc3ccc(Cl)cc3)ccc2Cl)c(C)c1. The third kappa shape index (κ3) is 5.33. The Hall–Kier alpha value is -2.54. The number of benzene rings is 3. The number of amides is 1. The minimum absolute atomic E-state index is 0.0292. The molecule has 156 valence electrons. The van der Waals surface area contributed by atoms with Gasteiger partial charge in [-0.25, -0.2) is 8.42 Å². The largest absolute Gasteiger partial charge is 0.348 e. The van der Waals surface area contributed by atoms with E-state index < -0.39 is 15.9 Å². The molecule has 0 unspecified atom stereocenters. The van der Waals surface area contributed by atoms with Crippen molar-refractivity contribution in [1.82, 2.24) is 5.32 Å². The number of hydrogen-bond donors (Lipinski definition) is 2. The van der Waals surface area contributed by atoms with Gasteiger partial charge in [-0.3, -0.25) is 9.52 Å². The van der Waals surface area contributed by atoms with Gasteiger partial charge in [0.2, 0.25) is 0 Å². The molecular weight excluding hydrogens is 443 g/mol. The van der Waals surface area contributed by atoms with E-state index in [1.54, 1.807) is 30.3 Å². The Balaban J connectivity index is 1.81. The molecule has 0 heterocycles. The van der Waals surface area contributed by atoms with E-state index in [-0.39, 0.29) is 22.0 Å². The zero-order chi connectivity index (χ0) is 21.9. The van der Waals surface area contributed by atoms with E-state index in [0.717, 1.165) is 16.7 Å². The summed E-state index contributed by atoms with van der Waals surface area (Å²) in [6.07, 6.45) is 0. The van der Waals surface area contributed by atoms with Gasteiger partial charge in [0.1, 0.15) is 4.90 Å². The second-order valence-corrected chi connectivity index (χ2v) is 9.37. The van der Waals surface area contributed by atoms with E-state index in [0.29, 0.717) is 10.7 Å². The van der Waals surface area contributed by atoms with Crippen LogP contribution in [-0.4, -0.2) is 14.3 Å². The fourth-order valence-corrected chi connectivity index (χ4v) is 4.65. The Morgan fingerprint density at radius 3 is 2.30 bits per heavy atom. The summed E-state index contributed by atoms with van der Waals surface area (Å²) in [7, 11) is -3.98. The summed E-state index contributed by atoms with van der Waals surface area (Å²) in [5.41, 5.74) is 3.31. The molecule has 0 fully saturated rings. The van der Waals surface area contributed by atoms with Gasteiger partial charge >= 0.3 is 0 Å². The van der Waals surface area contributed by atoms with Gasteiger partial charge in [-0.15, -0.1) is 0 Å². The molecule has 0 radical (unpaired) electrons. The lowest BCUT2D eigenvalue weighted by Gasteiger charge is -2.13. The van der Waals surface area contributed by atoms with Gasteiger partial charge in [0.05, 0.1) is 10.7 Å². The van der Waals surface area contributed by atoms with Crippen LogP contribution in [0.25, 0.3) is 0 Å². The fraction of sp³-hybridized carbons (Fsp3) is 0.136. The standard InChI is InChI=1S/C22H20Cl2N2O3S/c1-14-3-10-20(15(2)11-14)26-30(28,29)21-12-17(6-9-19(21)24)22(27)25-13-16-4-7-18(23)8-5-16/h3-12,26H,13H2,1-2H3,(H,25,27). The molecule has 3 aromatic carbocycles. The van der Waals surface area contributed by atoms with Crippen LogP contribution in [0, 0.1) is 13.8 Å². The zero-order valence-corrected chi connectivity index (χ0v) is 18.7. The van der Waals surface area contributed by atoms with Crippen LogP contribution in [-0.2, 0) is 16.6 Å². The predicted molar refractivity (Wildman–Crippen MR) is 121 cm³/mol. The van der Waals surface area contributed by atoms with Gasteiger partial charge in [0.25, 0.3) is 15.9 Å². The minimum Gasteiger partial charge on any atom is -0.348 e. The highest BCUT2D eigenvalue weighted by molar-refractivity contribution is 7.92. The normalized spacial score (nSPS) is 11.2. The molecule has 3 aromatic rings. The Morgan fingerprint density at radius 1 is 0.933 bits per heavy atom. The lowest BCUT2D eigenvalue weighted by atomic mass is 10.1. The second kappa shape index (κ2) is 9.08. The average Bonchev–Trinajstić information content (AvgIpc) is 2.69. The summed E-state index contributed by atoms with van der Waals surface area (Å²) in [5.74, 6) is -0.412. The zero-order valence-electron chi connectivity index (χ0n) is 16.4. The van der Waals surface area contributed by atoms with Crippen molar-refractivity contribution in [2.45, 2.75) is 25.3 Å². The first-order valence-corrected chi connectivity index (χ1v) is 11.3. The molecule has 0 atom stereocenters. The van der Waals surface area contributed by atoms with Gasteiger partial charge < -0.3 is 5.32 Å². The number of rotatable bonds is 6. The molecule has 5 nitrogen and oxygen atoms in total. The maximum atomic E-state index is 12.9. The molecule has 0 spiro atoms. The minimum atomic E-state index is -3.98. The van der Waals surface area contributed by atoms with Crippen LogP contribution in [0.5, 0.6) is 0 Å². The summed E-state index contributed by atoms with van der Waals surface area (Å²) >= 11 is 12.0. The lowest BCUT2D eigenvalue weighted by molar-refractivity contribution is 0.0950. The molecule has 0 aliphatic heterocycles. The monoisotopic (exact) mass is 462 g/mol. The van der Waals surface area contributed by atoms with Crippen LogP contribution in [0.3, 0.4) is 0 Å². The highest BCUT2D eigenvalue weighted by atomic mass is 35.5. The number of carbonyl (C=O) groups is 1. The first kappa shape index (κ1) is 22.2. The van der Waals surface area contributed by atoms with Crippen molar-refractivity contribution in [1.29, 1.82) is 0 Å². The van der Waals surface area contributed by atoms with Crippen molar-refractivity contribution in [3.05, 3.63) is 93.0 Å². The Labute approximate surface area is 186 Å². The molecule has 0 aliphatic rings. The van der Waals surface area contributed by atoms with E-state index in [9.17, 15) is 13.2 Å². The summed E-state index contributed by atoms with van der Waals surface area (Å²) in [6.45, 7) is 4.02. The Bertz CT molecular complexity index is 1190. The van der Waals surface area contributed by atoms with E-state index in [4.69, 9.17) is 23.2 Å². The number of carbonyl (C=O) groups excluding carboxylic acids is 1. The summed E-state index contributed by atoms with van der Waals surface area (Å²) in [4.78, 5) is 12.4. The number of sulfonamides is 1. The molecule has 30 heavy (non-hydrogen) atoms. The molecule has 0 bridgehead atoms. The van der Waals surface area contributed by atoms with Crippen molar-refractivity contribution in [3.63, 3.8) is 0 Å². The van der Waals surface area contributed by atoms with Gasteiger partial charge in [-0.2, -0.15) is 0 Å². The summed E-state index contributed by atoms with van der Waals surface area (Å²) in [6, 6.07) is 16.6. The van der Waals surface area contributed by atoms with E-state index >= 15 is 0 Å². The van der Waals surface area contributed by atoms with Gasteiger partial charge in [0.15, 0.2) is 0 Å². The van der Waals surface area contributed by atoms with Crippen LogP contribution in [0.1, 0.15) is 27.0 Å². The molecule has 0 aromatic heterocycles. The van der Waals surface area contributed by atoms with Crippen LogP contribution in [0.2, 0.25) is 10.0 Å². The first-order valence-electron chi connectivity index (χ1n) is 9.08. The number of hydrogen-bond acceptors (Lipinski definition) is 3. The lowest BCUT2D eigenvalue weighted by Crippen LogP contribution is -2.23. The van der Waals surface area contributed by atoms with E-state index in [2.05, 4.69) is 10.0 Å². The molecule has 1 amide bonds. The topological polar surface area (TPSA) is 75.3 Å². The third-order valence-electron chi connectivity index (χ3n) is 4.48. The predicted octanol–water partition coefficient (Wildman–Crippen LogP) is 5.34. The van der Waals surface area contributed by atoms with Crippen LogP contribution in [0.4, 0.5) is 5.69 Å². The molecule has 3 rings (SSSR count). The first-order chi connectivity index (χ1) is 14.2. The number of anilines is 1. The molecular formula is C22H20Cl2N2O3S. The third-order valence-corrected chi connectivity index (χ3v) is 6.57. The molecule has 2 N–H and O–H groups in total. The summed E-state index contributed by atoms with van der Waals surface area (Å²) in [5, 5.41) is 3.39. The summed E-state index contributed by atoms with van der Waals surface area (Å²) < 4.78 is 28.4.